The quantitative estimate of drug-likeness (QED) is 0.449. The minimum atomic E-state index is 0. The predicted molar refractivity (Wildman–Crippen MR) is 34.4 cm³/mol. The molecule has 0 N–H and O–H groups in total. The fourth-order valence-electron chi connectivity index (χ4n) is 0.408. The highest BCUT2D eigenvalue weighted by atomic mass is 79.9. The first-order chi connectivity index (χ1) is 2.77. The third-order valence-electron chi connectivity index (χ3n) is 0.612. The Morgan fingerprint density at radius 3 is 1.71 bits per heavy atom. The van der Waals surface area contributed by atoms with Crippen LogP contribution in [0.2, 0.25) is 0 Å². The van der Waals surface area contributed by atoms with Crippen LogP contribution in [0, 0.1) is 0 Å². The molecule has 0 saturated carbocycles. The third-order valence-corrected chi connectivity index (χ3v) is 1.84. The highest BCUT2D eigenvalue weighted by molar-refractivity contribution is 7.95. The largest absolute Gasteiger partial charge is 1.00 e. The number of halogens is 1. The Balaban J connectivity index is 0. The number of hydrogen-bond acceptors (Lipinski definition) is 0. The van der Waals surface area contributed by atoms with Crippen molar-refractivity contribution in [1.82, 2.24) is 0 Å². The fraction of sp³-hybridized carbons (Fsp3) is 1.00. The minimum absolute atomic E-state index is 0. The van der Waals surface area contributed by atoms with E-state index in [9.17, 15) is 0 Å². The van der Waals surface area contributed by atoms with Gasteiger partial charge in [0.15, 0.2) is 0 Å². The van der Waals surface area contributed by atoms with Crippen molar-refractivity contribution in [3.63, 3.8) is 0 Å². The zero-order valence-electron chi connectivity index (χ0n) is 5.20. The van der Waals surface area contributed by atoms with E-state index in [1.807, 2.05) is 0 Å². The van der Waals surface area contributed by atoms with Gasteiger partial charge in [-0.05, 0) is 17.3 Å². The van der Waals surface area contributed by atoms with E-state index >= 15 is 0 Å². The standard InChI is InChI=1S/C5H13S.BrH/c1-4-5-6(2)3;/h4-5H2,1-3H3;1H/q+1;/p-1. The number of rotatable bonds is 2. The summed E-state index contributed by atoms with van der Waals surface area (Å²) in [6.45, 7) is 2.23. The van der Waals surface area contributed by atoms with Crippen molar-refractivity contribution in [1.29, 1.82) is 0 Å². The molecular weight excluding hydrogens is 172 g/mol. The maximum absolute atomic E-state index is 2.28. The van der Waals surface area contributed by atoms with Crippen molar-refractivity contribution >= 4 is 10.9 Å². The topological polar surface area (TPSA) is 0 Å². The molecule has 0 radical (unpaired) electrons. The molecule has 0 aliphatic heterocycles. The molecule has 2 heteroatoms. The van der Waals surface area contributed by atoms with Gasteiger partial charge in [0.05, 0.1) is 12.5 Å². The molecule has 0 aromatic heterocycles. The highest BCUT2D eigenvalue weighted by Gasteiger charge is 1.94. The van der Waals surface area contributed by atoms with Gasteiger partial charge in [-0.1, -0.05) is 6.92 Å². The lowest BCUT2D eigenvalue weighted by Gasteiger charge is -1.87. The van der Waals surface area contributed by atoms with Crippen molar-refractivity contribution in [2.24, 2.45) is 0 Å². The van der Waals surface area contributed by atoms with Crippen molar-refractivity contribution in [3.8, 4) is 0 Å². The molecule has 0 heterocycles. The highest BCUT2D eigenvalue weighted by Crippen LogP contribution is 1.85. The summed E-state index contributed by atoms with van der Waals surface area (Å²) >= 11 is 0. The maximum Gasteiger partial charge on any atom is 0.107 e. The molecule has 0 spiro atoms. The maximum atomic E-state index is 2.28. The molecule has 0 aliphatic rings. The van der Waals surface area contributed by atoms with Crippen molar-refractivity contribution in [2.45, 2.75) is 13.3 Å². The van der Waals surface area contributed by atoms with Crippen LogP contribution in [0.4, 0.5) is 0 Å². The van der Waals surface area contributed by atoms with E-state index in [0.717, 1.165) is 0 Å². The summed E-state index contributed by atoms with van der Waals surface area (Å²) in [4.78, 5) is 0. The summed E-state index contributed by atoms with van der Waals surface area (Å²) in [5.41, 5.74) is 0. The number of hydrogen-bond donors (Lipinski definition) is 0. The van der Waals surface area contributed by atoms with Gasteiger partial charge in [0.25, 0.3) is 0 Å². The Labute approximate surface area is 59.8 Å². The van der Waals surface area contributed by atoms with E-state index in [-0.39, 0.29) is 17.0 Å². The Morgan fingerprint density at radius 1 is 1.29 bits per heavy atom. The van der Waals surface area contributed by atoms with Gasteiger partial charge in [-0.2, -0.15) is 0 Å². The SMILES string of the molecule is CCC[S+](C)C.[Br-]. The zero-order chi connectivity index (χ0) is 4.99. The van der Waals surface area contributed by atoms with Crippen LogP contribution in [0.5, 0.6) is 0 Å². The average Bonchev–Trinajstić information content (AvgIpc) is 1.35. The Bertz CT molecular complexity index is 29.3. The summed E-state index contributed by atoms with van der Waals surface area (Å²) in [5, 5.41) is 0. The Kier molecular flexibility index (Phi) is 10.5. The molecule has 0 aliphatic carbocycles. The van der Waals surface area contributed by atoms with Crippen LogP contribution in [-0.2, 0) is 10.9 Å². The lowest BCUT2D eigenvalue weighted by atomic mass is 10.6. The molecule has 0 bridgehead atoms. The third kappa shape index (κ3) is 10.9. The molecule has 0 aromatic rings. The van der Waals surface area contributed by atoms with Gasteiger partial charge >= 0.3 is 0 Å². The second-order valence-corrected chi connectivity index (χ2v) is 4.07. The van der Waals surface area contributed by atoms with Crippen LogP contribution in [0.25, 0.3) is 0 Å². The molecule has 0 saturated heterocycles. The van der Waals surface area contributed by atoms with E-state index in [1.165, 1.54) is 12.2 Å². The van der Waals surface area contributed by atoms with Crippen LogP contribution >= 0.6 is 0 Å². The van der Waals surface area contributed by atoms with E-state index in [1.54, 1.807) is 0 Å². The average molecular weight is 185 g/mol. The first-order valence-corrected chi connectivity index (χ1v) is 4.52. The van der Waals surface area contributed by atoms with E-state index in [0.29, 0.717) is 10.9 Å². The predicted octanol–water partition coefficient (Wildman–Crippen LogP) is -1.72. The second kappa shape index (κ2) is 6.83. The molecule has 7 heavy (non-hydrogen) atoms. The molecule has 0 nitrogen and oxygen atoms in total. The second-order valence-electron chi connectivity index (χ2n) is 1.69. The van der Waals surface area contributed by atoms with Crippen LogP contribution in [0.1, 0.15) is 13.3 Å². The zero-order valence-corrected chi connectivity index (χ0v) is 7.60. The monoisotopic (exact) mass is 184 g/mol. The van der Waals surface area contributed by atoms with E-state index in [2.05, 4.69) is 19.4 Å². The van der Waals surface area contributed by atoms with Gasteiger partial charge in [-0.25, -0.2) is 0 Å². The van der Waals surface area contributed by atoms with Gasteiger partial charge in [-0.15, -0.1) is 0 Å². The smallest absolute Gasteiger partial charge is 0.107 e. The first kappa shape index (κ1) is 10.7. The fourth-order valence-corrected chi connectivity index (χ4v) is 1.22. The molecule has 0 aromatic carbocycles. The molecule has 0 rings (SSSR count). The van der Waals surface area contributed by atoms with E-state index < -0.39 is 0 Å². The molecule has 0 atom stereocenters. The summed E-state index contributed by atoms with van der Waals surface area (Å²) in [6, 6.07) is 0. The van der Waals surface area contributed by atoms with Crippen molar-refractivity contribution in [3.05, 3.63) is 0 Å². The minimum Gasteiger partial charge on any atom is -1.00 e. The lowest BCUT2D eigenvalue weighted by Crippen LogP contribution is -3.00. The van der Waals surface area contributed by atoms with Gasteiger partial charge in [-0.3, -0.25) is 0 Å². The van der Waals surface area contributed by atoms with Gasteiger partial charge in [0.2, 0.25) is 0 Å². The summed E-state index contributed by atoms with van der Waals surface area (Å²) in [6.07, 6.45) is 5.91. The normalized spacial score (nSPS) is 8.57. The molecule has 0 unspecified atom stereocenters. The van der Waals surface area contributed by atoms with Gasteiger partial charge in [0, 0.05) is 0 Å². The van der Waals surface area contributed by atoms with Crippen LogP contribution in [0.3, 0.4) is 0 Å². The van der Waals surface area contributed by atoms with Gasteiger partial charge < -0.3 is 17.0 Å². The molecule has 0 fully saturated rings. The Hall–Kier alpha value is 0.830. The van der Waals surface area contributed by atoms with Gasteiger partial charge in [0.1, 0.15) is 5.75 Å². The summed E-state index contributed by atoms with van der Waals surface area (Å²) in [7, 11) is 0.684. The Morgan fingerprint density at radius 2 is 1.71 bits per heavy atom. The first-order valence-electron chi connectivity index (χ1n) is 2.31. The van der Waals surface area contributed by atoms with Crippen LogP contribution in [-0.4, -0.2) is 18.3 Å². The van der Waals surface area contributed by atoms with Crippen LogP contribution < -0.4 is 17.0 Å². The summed E-state index contributed by atoms with van der Waals surface area (Å²) < 4.78 is 0. The molecule has 0 amide bonds. The van der Waals surface area contributed by atoms with Crippen molar-refractivity contribution in [2.75, 3.05) is 18.3 Å². The van der Waals surface area contributed by atoms with Crippen molar-refractivity contribution < 1.29 is 17.0 Å². The molecule has 46 valence electrons. The van der Waals surface area contributed by atoms with Crippen LogP contribution in [0.15, 0.2) is 0 Å². The molecular formula is C5H13BrS. The summed E-state index contributed by atoms with van der Waals surface area (Å²) in [5.74, 6) is 1.40. The van der Waals surface area contributed by atoms with E-state index in [4.69, 9.17) is 0 Å². The lowest BCUT2D eigenvalue weighted by molar-refractivity contribution is -0.00000152.